The molecule has 8 heteroatoms. The smallest absolute Gasteiger partial charge is 0.366 e. The molecule has 0 atom stereocenters. The highest BCUT2D eigenvalue weighted by molar-refractivity contribution is 5.96. The molecule has 0 aliphatic carbocycles. The van der Waals surface area contributed by atoms with Crippen LogP contribution in [0.1, 0.15) is 40.9 Å². The van der Waals surface area contributed by atoms with E-state index in [1.54, 1.807) is 12.1 Å². The highest BCUT2D eigenvalue weighted by Crippen LogP contribution is 2.40. The van der Waals surface area contributed by atoms with Crippen molar-refractivity contribution in [3.05, 3.63) is 64.7 Å². The Kier molecular flexibility index (Phi) is 4.37. The predicted molar refractivity (Wildman–Crippen MR) is 94.0 cm³/mol. The highest BCUT2D eigenvalue weighted by Gasteiger charge is 2.41. The van der Waals surface area contributed by atoms with E-state index in [0.717, 1.165) is 17.7 Å². The first-order chi connectivity index (χ1) is 12.5. The number of benzene rings is 2. The topological polar surface area (TPSA) is 75.4 Å². The number of carbonyl (C=O) groups excluding carboxylic acids is 2. The fourth-order valence-electron chi connectivity index (χ4n) is 3.32. The van der Waals surface area contributed by atoms with Gasteiger partial charge in [-0.3, -0.25) is 4.79 Å². The minimum atomic E-state index is -4.44. The molecule has 1 aliphatic rings. The minimum absolute atomic E-state index is 0.175. The second-order valence-electron chi connectivity index (χ2n) is 6.85. The van der Waals surface area contributed by atoms with Gasteiger partial charge in [-0.1, -0.05) is 12.1 Å². The second-order valence-corrected chi connectivity index (χ2v) is 6.85. The number of primary amides is 1. The molecule has 27 heavy (non-hydrogen) atoms. The van der Waals surface area contributed by atoms with Gasteiger partial charge in [0.1, 0.15) is 0 Å². The van der Waals surface area contributed by atoms with Gasteiger partial charge in [0.15, 0.2) is 0 Å². The maximum atomic E-state index is 12.7. The highest BCUT2D eigenvalue weighted by atomic mass is 19.4. The van der Waals surface area contributed by atoms with Crippen molar-refractivity contribution in [2.24, 2.45) is 5.73 Å². The molecule has 142 valence electrons. The molecular weight excluding hydrogens is 359 g/mol. The van der Waals surface area contributed by atoms with Gasteiger partial charge in [0, 0.05) is 17.8 Å². The summed E-state index contributed by atoms with van der Waals surface area (Å²) in [5.41, 5.74) is 6.00. The number of nitrogens with two attached hydrogens (primary N) is 1. The zero-order valence-electron chi connectivity index (χ0n) is 14.7. The number of fused-ring (bicyclic) bond motifs is 1. The van der Waals surface area contributed by atoms with Gasteiger partial charge in [-0.2, -0.15) is 13.2 Å². The normalized spacial score (nSPS) is 15.4. The van der Waals surface area contributed by atoms with Crippen LogP contribution < -0.4 is 11.1 Å². The monoisotopic (exact) mass is 377 g/mol. The summed E-state index contributed by atoms with van der Waals surface area (Å²) in [5, 5.41) is 2.61. The summed E-state index contributed by atoms with van der Waals surface area (Å²) in [6, 6.07) is 8.87. The van der Waals surface area contributed by atoms with Crippen LogP contribution in [0.2, 0.25) is 0 Å². The third-order valence-electron chi connectivity index (χ3n) is 4.80. The molecule has 2 aromatic rings. The summed E-state index contributed by atoms with van der Waals surface area (Å²) in [5.74, 6) is -0.576. The number of amides is 3. The molecule has 0 spiro atoms. The molecule has 0 fully saturated rings. The van der Waals surface area contributed by atoms with E-state index in [9.17, 15) is 22.8 Å². The van der Waals surface area contributed by atoms with Crippen molar-refractivity contribution in [3.8, 4) is 0 Å². The Labute approximate surface area is 154 Å². The average Bonchev–Trinajstić information content (AvgIpc) is 2.85. The van der Waals surface area contributed by atoms with Gasteiger partial charge in [0.2, 0.25) is 5.91 Å². The van der Waals surface area contributed by atoms with Crippen LogP contribution in [0.4, 0.5) is 23.7 Å². The first-order valence-corrected chi connectivity index (χ1v) is 8.20. The Bertz CT molecular complexity index is 905. The van der Waals surface area contributed by atoms with Crippen molar-refractivity contribution >= 4 is 17.6 Å². The number of anilines is 1. The molecule has 3 rings (SSSR count). The molecule has 0 saturated heterocycles. The number of hydrogen-bond acceptors (Lipinski definition) is 2. The zero-order valence-corrected chi connectivity index (χ0v) is 14.7. The zero-order chi connectivity index (χ0) is 20.0. The van der Waals surface area contributed by atoms with Crippen molar-refractivity contribution in [1.29, 1.82) is 0 Å². The fourth-order valence-corrected chi connectivity index (χ4v) is 3.32. The summed E-state index contributed by atoms with van der Waals surface area (Å²) in [7, 11) is 0. The molecule has 0 bridgehead atoms. The standard InChI is InChI=1S/C19H18F3N3O2/c1-18(2)15-5-3-4-13(16(23)26)14(15)10-25(18)17(27)24-12-8-6-11(7-9-12)19(20,21)22/h3-9H,10H2,1-2H3,(H2,23,26)(H,24,27). The second kappa shape index (κ2) is 6.29. The first kappa shape index (κ1) is 18.8. The van der Waals surface area contributed by atoms with E-state index in [2.05, 4.69) is 5.32 Å². The molecule has 0 unspecified atom stereocenters. The largest absolute Gasteiger partial charge is 0.416 e. The van der Waals surface area contributed by atoms with Crippen LogP contribution in [0.5, 0.6) is 0 Å². The van der Waals surface area contributed by atoms with Crippen LogP contribution in [0.25, 0.3) is 0 Å². The van der Waals surface area contributed by atoms with E-state index in [1.165, 1.54) is 17.0 Å². The third kappa shape index (κ3) is 3.34. The molecular formula is C19H18F3N3O2. The minimum Gasteiger partial charge on any atom is -0.366 e. The van der Waals surface area contributed by atoms with E-state index in [-0.39, 0.29) is 12.2 Å². The van der Waals surface area contributed by atoms with E-state index in [4.69, 9.17) is 5.73 Å². The number of hydrogen-bond donors (Lipinski definition) is 2. The Morgan fingerprint density at radius 2 is 1.74 bits per heavy atom. The van der Waals surface area contributed by atoms with E-state index < -0.39 is 29.2 Å². The first-order valence-electron chi connectivity index (χ1n) is 8.20. The number of alkyl halides is 3. The number of carbonyl (C=O) groups is 2. The number of nitrogens with one attached hydrogen (secondary N) is 1. The molecule has 2 aromatic carbocycles. The molecule has 5 nitrogen and oxygen atoms in total. The SMILES string of the molecule is CC1(C)c2cccc(C(N)=O)c2CN1C(=O)Nc1ccc(C(F)(F)F)cc1. The van der Waals surface area contributed by atoms with Crippen LogP contribution >= 0.6 is 0 Å². The van der Waals surface area contributed by atoms with Crippen LogP contribution in [-0.4, -0.2) is 16.8 Å². The molecule has 0 aromatic heterocycles. The maximum absolute atomic E-state index is 12.7. The quantitative estimate of drug-likeness (QED) is 0.827. The summed E-state index contributed by atoms with van der Waals surface area (Å²) >= 11 is 0. The van der Waals surface area contributed by atoms with Crippen molar-refractivity contribution in [2.75, 3.05) is 5.32 Å². The summed E-state index contributed by atoms with van der Waals surface area (Å²) in [4.78, 5) is 25.9. The van der Waals surface area contributed by atoms with Crippen LogP contribution in [0.3, 0.4) is 0 Å². The molecule has 0 saturated carbocycles. The van der Waals surface area contributed by atoms with Gasteiger partial charge in [0.25, 0.3) is 0 Å². The third-order valence-corrected chi connectivity index (χ3v) is 4.80. The Morgan fingerprint density at radius 1 is 1.11 bits per heavy atom. The summed E-state index contributed by atoms with van der Waals surface area (Å²) < 4.78 is 38.0. The lowest BCUT2D eigenvalue weighted by atomic mass is 9.91. The van der Waals surface area contributed by atoms with Crippen LogP contribution in [-0.2, 0) is 18.3 Å². The summed E-state index contributed by atoms with van der Waals surface area (Å²) in [6.45, 7) is 3.83. The maximum Gasteiger partial charge on any atom is 0.416 e. The van der Waals surface area contributed by atoms with E-state index in [1.807, 2.05) is 19.9 Å². The van der Waals surface area contributed by atoms with Crippen molar-refractivity contribution in [1.82, 2.24) is 4.90 Å². The number of urea groups is 1. The lowest BCUT2D eigenvalue weighted by molar-refractivity contribution is -0.137. The van der Waals surface area contributed by atoms with Gasteiger partial charge >= 0.3 is 12.2 Å². The van der Waals surface area contributed by atoms with Crippen LogP contribution in [0, 0.1) is 0 Å². The van der Waals surface area contributed by atoms with Crippen LogP contribution in [0.15, 0.2) is 42.5 Å². The number of rotatable bonds is 2. The van der Waals surface area contributed by atoms with Gasteiger partial charge in [-0.15, -0.1) is 0 Å². The summed E-state index contributed by atoms with van der Waals surface area (Å²) in [6.07, 6.45) is -4.44. The van der Waals surface area contributed by atoms with Gasteiger partial charge in [-0.25, -0.2) is 4.79 Å². The molecule has 1 heterocycles. The van der Waals surface area contributed by atoms with Crippen molar-refractivity contribution < 1.29 is 22.8 Å². The average molecular weight is 377 g/mol. The molecule has 3 amide bonds. The van der Waals surface area contributed by atoms with Crippen molar-refractivity contribution in [2.45, 2.75) is 32.1 Å². The number of nitrogens with zero attached hydrogens (tertiary/aromatic N) is 1. The van der Waals surface area contributed by atoms with Gasteiger partial charge in [-0.05, 0) is 55.3 Å². The Morgan fingerprint density at radius 3 is 2.30 bits per heavy atom. The van der Waals surface area contributed by atoms with E-state index >= 15 is 0 Å². The van der Waals surface area contributed by atoms with E-state index in [0.29, 0.717) is 11.1 Å². The number of halogens is 3. The predicted octanol–water partition coefficient (Wildman–Crippen LogP) is 4.09. The fraction of sp³-hybridized carbons (Fsp3) is 0.263. The molecule has 1 aliphatic heterocycles. The lowest BCUT2D eigenvalue weighted by Crippen LogP contribution is -2.42. The van der Waals surface area contributed by atoms with Gasteiger partial charge in [0.05, 0.1) is 11.1 Å². The molecule has 0 radical (unpaired) electrons. The lowest BCUT2D eigenvalue weighted by Gasteiger charge is -2.32. The Hall–Kier alpha value is -3.03. The van der Waals surface area contributed by atoms with Crippen molar-refractivity contribution in [3.63, 3.8) is 0 Å². The van der Waals surface area contributed by atoms with Gasteiger partial charge < -0.3 is 16.0 Å². The molecule has 3 N–H and O–H groups in total. The Balaban J connectivity index is 1.84.